The molecule has 6 nitrogen and oxygen atoms in total. The van der Waals surface area contributed by atoms with E-state index in [0.717, 1.165) is 13.1 Å². The fourth-order valence-corrected chi connectivity index (χ4v) is 1.94. The summed E-state index contributed by atoms with van der Waals surface area (Å²) in [6, 6.07) is 6.52. The first kappa shape index (κ1) is 12.5. The maximum absolute atomic E-state index is 11.0. The van der Waals surface area contributed by atoms with E-state index in [9.17, 15) is 10.1 Å². The van der Waals surface area contributed by atoms with Crippen molar-refractivity contribution < 1.29 is 9.66 Å². The lowest BCUT2D eigenvalue weighted by atomic mass is 10.1. The van der Waals surface area contributed by atoms with Crippen molar-refractivity contribution in [2.45, 2.75) is 6.54 Å². The van der Waals surface area contributed by atoms with E-state index in [2.05, 4.69) is 4.90 Å². The molecule has 1 saturated heterocycles. The predicted octanol–water partition coefficient (Wildman–Crippen LogP) is 1.30. The number of hydrogen-bond donors (Lipinski definition) is 0. The highest BCUT2D eigenvalue weighted by molar-refractivity contribution is 5.47. The van der Waals surface area contributed by atoms with Crippen molar-refractivity contribution in [2.24, 2.45) is 0 Å². The van der Waals surface area contributed by atoms with Crippen LogP contribution in [0, 0.1) is 21.4 Å². The van der Waals surface area contributed by atoms with Crippen LogP contribution in [0.5, 0.6) is 0 Å². The zero-order valence-electron chi connectivity index (χ0n) is 9.83. The molecule has 1 aromatic rings. The Hall–Kier alpha value is -1.97. The minimum absolute atomic E-state index is 0.0144. The average Bonchev–Trinajstić information content (AvgIpc) is 2.40. The van der Waals surface area contributed by atoms with Gasteiger partial charge in [0.15, 0.2) is 0 Å². The summed E-state index contributed by atoms with van der Waals surface area (Å²) in [7, 11) is 0. The maximum atomic E-state index is 11.0. The van der Waals surface area contributed by atoms with Gasteiger partial charge in [-0.05, 0) is 12.1 Å². The Morgan fingerprint density at radius 1 is 1.44 bits per heavy atom. The summed E-state index contributed by atoms with van der Waals surface area (Å²) in [5.74, 6) is 0. The molecule has 0 N–H and O–H groups in total. The van der Waals surface area contributed by atoms with Gasteiger partial charge in [0.2, 0.25) is 0 Å². The first-order chi connectivity index (χ1) is 8.70. The molecular weight excluding hydrogens is 234 g/mol. The Bertz CT molecular complexity index is 490. The zero-order valence-corrected chi connectivity index (χ0v) is 9.83. The molecule has 18 heavy (non-hydrogen) atoms. The third kappa shape index (κ3) is 2.83. The van der Waals surface area contributed by atoms with Crippen molar-refractivity contribution in [3.8, 4) is 6.07 Å². The normalized spacial score (nSPS) is 16.2. The topological polar surface area (TPSA) is 79.4 Å². The monoisotopic (exact) mass is 247 g/mol. The van der Waals surface area contributed by atoms with Gasteiger partial charge in [-0.3, -0.25) is 15.0 Å². The van der Waals surface area contributed by atoms with Gasteiger partial charge in [0.25, 0.3) is 5.69 Å². The maximum Gasteiger partial charge on any atom is 0.275 e. The first-order valence-electron chi connectivity index (χ1n) is 5.68. The first-order valence-corrected chi connectivity index (χ1v) is 5.68. The smallest absolute Gasteiger partial charge is 0.275 e. The molecular formula is C12H13N3O3. The molecule has 0 aromatic heterocycles. The molecule has 0 atom stereocenters. The Balaban J connectivity index is 2.21. The Kier molecular flexibility index (Phi) is 3.87. The van der Waals surface area contributed by atoms with E-state index in [1.165, 1.54) is 6.07 Å². The Labute approximate surface area is 105 Å². The van der Waals surface area contributed by atoms with Crippen LogP contribution < -0.4 is 0 Å². The summed E-state index contributed by atoms with van der Waals surface area (Å²) < 4.78 is 5.23. The van der Waals surface area contributed by atoms with Gasteiger partial charge in [-0.2, -0.15) is 5.26 Å². The Morgan fingerprint density at radius 2 is 2.17 bits per heavy atom. The SMILES string of the molecule is N#Cc1ccc(CN2CCOCC2)c([N+](=O)[O-])c1. The summed E-state index contributed by atoms with van der Waals surface area (Å²) in [5, 5.41) is 19.7. The van der Waals surface area contributed by atoms with E-state index >= 15 is 0 Å². The van der Waals surface area contributed by atoms with Crippen molar-refractivity contribution in [3.05, 3.63) is 39.4 Å². The number of morpholine rings is 1. The molecule has 0 unspecified atom stereocenters. The van der Waals surface area contributed by atoms with Gasteiger partial charge in [-0.15, -0.1) is 0 Å². The molecule has 2 rings (SSSR count). The minimum atomic E-state index is -0.434. The van der Waals surface area contributed by atoms with E-state index < -0.39 is 4.92 Å². The van der Waals surface area contributed by atoms with Gasteiger partial charge < -0.3 is 4.74 Å². The van der Waals surface area contributed by atoms with E-state index in [0.29, 0.717) is 30.9 Å². The van der Waals surface area contributed by atoms with Gasteiger partial charge >= 0.3 is 0 Å². The summed E-state index contributed by atoms with van der Waals surface area (Å²) in [6.45, 7) is 3.38. The predicted molar refractivity (Wildman–Crippen MR) is 63.9 cm³/mol. The van der Waals surface area contributed by atoms with E-state index in [1.807, 2.05) is 6.07 Å². The van der Waals surface area contributed by atoms with Crippen molar-refractivity contribution >= 4 is 5.69 Å². The summed E-state index contributed by atoms with van der Waals surface area (Å²) in [4.78, 5) is 12.7. The second-order valence-electron chi connectivity index (χ2n) is 4.10. The van der Waals surface area contributed by atoms with Crippen molar-refractivity contribution in [2.75, 3.05) is 26.3 Å². The fourth-order valence-electron chi connectivity index (χ4n) is 1.94. The molecule has 1 heterocycles. The van der Waals surface area contributed by atoms with E-state index in [1.54, 1.807) is 12.1 Å². The number of ether oxygens (including phenoxy) is 1. The number of nitro benzene ring substituents is 1. The van der Waals surface area contributed by atoms with Crippen molar-refractivity contribution in [1.82, 2.24) is 4.90 Å². The van der Waals surface area contributed by atoms with Gasteiger partial charge in [0.1, 0.15) is 0 Å². The lowest BCUT2D eigenvalue weighted by molar-refractivity contribution is -0.385. The molecule has 94 valence electrons. The van der Waals surface area contributed by atoms with Crippen LogP contribution in [0.4, 0.5) is 5.69 Å². The molecule has 0 bridgehead atoms. The van der Waals surface area contributed by atoms with Crippen molar-refractivity contribution in [1.29, 1.82) is 5.26 Å². The van der Waals surface area contributed by atoms with Crippen LogP contribution in [0.1, 0.15) is 11.1 Å². The van der Waals surface area contributed by atoms with Crippen molar-refractivity contribution in [3.63, 3.8) is 0 Å². The zero-order chi connectivity index (χ0) is 13.0. The van der Waals surface area contributed by atoms with Gasteiger partial charge in [-0.1, -0.05) is 0 Å². The highest BCUT2D eigenvalue weighted by Gasteiger charge is 2.18. The second kappa shape index (κ2) is 5.58. The molecule has 1 fully saturated rings. The molecule has 1 aromatic carbocycles. The van der Waals surface area contributed by atoms with E-state index in [4.69, 9.17) is 10.00 Å². The molecule has 0 spiro atoms. The van der Waals surface area contributed by atoms with Crippen LogP contribution in [0.2, 0.25) is 0 Å². The van der Waals surface area contributed by atoms with Crippen LogP contribution in [-0.2, 0) is 11.3 Å². The average molecular weight is 247 g/mol. The summed E-state index contributed by atoms with van der Waals surface area (Å²) >= 11 is 0. The highest BCUT2D eigenvalue weighted by Crippen LogP contribution is 2.22. The highest BCUT2D eigenvalue weighted by atomic mass is 16.6. The van der Waals surface area contributed by atoms with Crippen LogP contribution >= 0.6 is 0 Å². The molecule has 6 heteroatoms. The van der Waals surface area contributed by atoms with Gasteiger partial charge in [0, 0.05) is 31.3 Å². The molecule has 0 radical (unpaired) electrons. The number of nitro groups is 1. The van der Waals surface area contributed by atoms with Crippen LogP contribution in [0.15, 0.2) is 18.2 Å². The molecule has 0 saturated carbocycles. The quantitative estimate of drug-likeness (QED) is 0.594. The van der Waals surface area contributed by atoms with Crippen LogP contribution in [0.3, 0.4) is 0 Å². The standard InChI is InChI=1S/C12H13N3O3/c13-8-10-1-2-11(12(7-10)15(16)17)9-14-3-5-18-6-4-14/h1-2,7H,3-6,9H2. The lowest BCUT2D eigenvalue weighted by Gasteiger charge is -2.26. The van der Waals surface area contributed by atoms with Gasteiger partial charge in [-0.25, -0.2) is 0 Å². The number of nitrogens with zero attached hydrogens (tertiary/aromatic N) is 3. The number of rotatable bonds is 3. The summed E-state index contributed by atoms with van der Waals surface area (Å²) in [5.41, 5.74) is 0.967. The molecule has 0 aliphatic carbocycles. The Morgan fingerprint density at radius 3 is 2.78 bits per heavy atom. The van der Waals surface area contributed by atoms with Crippen LogP contribution in [0.25, 0.3) is 0 Å². The number of benzene rings is 1. The third-order valence-corrected chi connectivity index (χ3v) is 2.91. The minimum Gasteiger partial charge on any atom is -0.379 e. The molecule has 1 aliphatic rings. The lowest BCUT2D eigenvalue weighted by Crippen LogP contribution is -2.35. The fraction of sp³-hybridized carbons (Fsp3) is 0.417. The largest absolute Gasteiger partial charge is 0.379 e. The third-order valence-electron chi connectivity index (χ3n) is 2.91. The molecule has 0 amide bonds. The van der Waals surface area contributed by atoms with Crippen LogP contribution in [-0.4, -0.2) is 36.1 Å². The number of hydrogen-bond acceptors (Lipinski definition) is 5. The van der Waals surface area contributed by atoms with Gasteiger partial charge in [0.05, 0.1) is 29.8 Å². The summed E-state index contributed by atoms with van der Waals surface area (Å²) in [6.07, 6.45) is 0. The van der Waals surface area contributed by atoms with E-state index in [-0.39, 0.29) is 5.69 Å². The number of nitriles is 1. The second-order valence-corrected chi connectivity index (χ2v) is 4.10. The molecule has 1 aliphatic heterocycles.